The van der Waals surface area contributed by atoms with Crippen molar-refractivity contribution in [2.24, 2.45) is 5.92 Å². The number of aliphatic hydroxyl groups is 1. The first-order valence-corrected chi connectivity index (χ1v) is 7.71. The molecule has 0 spiro atoms. The molecule has 2 rings (SSSR count). The molecule has 23 heavy (non-hydrogen) atoms. The highest BCUT2D eigenvalue weighted by molar-refractivity contribution is 5.90. The van der Waals surface area contributed by atoms with E-state index < -0.39 is 18.2 Å². The number of para-hydroxylation sites is 1. The van der Waals surface area contributed by atoms with Crippen molar-refractivity contribution in [3.8, 4) is 0 Å². The van der Waals surface area contributed by atoms with Gasteiger partial charge < -0.3 is 15.3 Å². The molecule has 2 amide bonds. The van der Waals surface area contributed by atoms with Crippen LogP contribution in [0.5, 0.6) is 0 Å². The van der Waals surface area contributed by atoms with E-state index in [-0.39, 0.29) is 32.0 Å². The Morgan fingerprint density at radius 3 is 2.52 bits per heavy atom. The zero-order valence-corrected chi connectivity index (χ0v) is 12.9. The van der Waals surface area contributed by atoms with E-state index in [4.69, 9.17) is 0 Å². The number of piperidine rings is 1. The molecule has 1 aromatic rings. The number of nitrogens with one attached hydrogen (secondary N) is 1. The van der Waals surface area contributed by atoms with Gasteiger partial charge in [-0.2, -0.15) is 13.2 Å². The van der Waals surface area contributed by atoms with Gasteiger partial charge in [-0.1, -0.05) is 25.1 Å². The molecule has 0 aromatic heterocycles. The van der Waals surface area contributed by atoms with Crippen LogP contribution in [-0.4, -0.2) is 41.4 Å². The smallest absolute Gasteiger partial charge is 0.383 e. The van der Waals surface area contributed by atoms with Crippen LogP contribution in [0.15, 0.2) is 24.3 Å². The molecule has 0 radical (unpaired) electrons. The van der Waals surface area contributed by atoms with Gasteiger partial charge in [-0.25, -0.2) is 4.79 Å². The summed E-state index contributed by atoms with van der Waals surface area (Å²) in [5.74, 6) is -0.845. The lowest BCUT2D eigenvalue weighted by Gasteiger charge is -2.34. The van der Waals surface area contributed by atoms with Crippen LogP contribution in [0.2, 0.25) is 0 Å². The maximum absolute atomic E-state index is 12.5. The molecule has 1 aliphatic heterocycles. The molecule has 4 nitrogen and oxygen atoms in total. The van der Waals surface area contributed by atoms with Gasteiger partial charge in [0.15, 0.2) is 6.10 Å². The Kier molecular flexibility index (Phi) is 5.51. The number of rotatable bonds is 3. The van der Waals surface area contributed by atoms with Gasteiger partial charge >= 0.3 is 12.2 Å². The summed E-state index contributed by atoms with van der Waals surface area (Å²) in [7, 11) is 0. The molecule has 1 atom stereocenters. The number of halogens is 3. The van der Waals surface area contributed by atoms with E-state index in [0.717, 1.165) is 17.7 Å². The number of carbonyl (C=O) groups excluding carboxylic acids is 1. The molecule has 7 heteroatoms. The Labute approximate surface area is 133 Å². The lowest BCUT2D eigenvalue weighted by molar-refractivity contribution is -0.222. The van der Waals surface area contributed by atoms with Gasteiger partial charge in [0.1, 0.15) is 0 Å². The molecule has 1 heterocycles. The number of likely N-dealkylation sites (tertiary alicyclic amines) is 1. The fourth-order valence-electron chi connectivity index (χ4n) is 2.83. The highest BCUT2D eigenvalue weighted by Gasteiger charge is 2.44. The fourth-order valence-corrected chi connectivity index (χ4v) is 2.83. The number of aliphatic hydroxyl groups excluding tert-OH is 1. The third-order valence-electron chi connectivity index (χ3n) is 4.25. The van der Waals surface area contributed by atoms with Gasteiger partial charge in [-0.05, 0) is 36.8 Å². The second kappa shape index (κ2) is 7.21. The minimum Gasteiger partial charge on any atom is -0.383 e. The first-order valence-electron chi connectivity index (χ1n) is 7.71. The van der Waals surface area contributed by atoms with Crippen molar-refractivity contribution in [3.63, 3.8) is 0 Å². The molecule has 1 fully saturated rings. The number of nitrogens with zero attached hydrogens (tertiary/aromatic N) is 1. The molecule has 2 N–H and O–H groups in total. The molecular formula is C16H21F3N2O2. The quantitative estimate of drug-likeness (QED) is 0.892. The Bertz CT molecular complexity index is 540. The third kappa shape index (κ3) is 4.37. The van der Waals surface area contributed by atoms with Gasteiger partial charge in [0.2, 0.25) is 0 Å². The van der Waals surface area contributed by atoms with E-state index in [1.54, 1.807) is 6.07 Å². The van der Waals surface area contributed by atoms with Gasteiger partial charge in [0.25, 0.3) is 0 Å². The second-order valence-electron chi connectivity index (χ2n) is 5.75. The summed E-state index contributed by atoms with van der Waals surface area (Å²) in [6.45, 7) is 2.39. The van der Waals surface area contributed by atoms with Crippen LogP contribution in [0.3, 0.4) is 0 Å². The largest absolute Gasteiger partial charge is 0.414 e. The van der Waals surface area contributed by atoms with Crippen LogP contribution >= 0.6 is 0 Å². The summed E-state index contributed by atoms with van der Waals surface area (Å²) in [6.07, 6.45) is -5.85. The number of alkyl halides is 3. The highest BCUT2D eigenvalue weighted by Crippen LogP contribution is 2.31. The normalized spacial score (nSPS) is 17.9. The number of carbonyl (C=O) groups is 1. The maximum Gasteiger partial charge on any atom is 0.414 e. The van der Waals surface area contributed by atoms with Crippen molar-refractivity contribution in [2.45, 2.75) is 38.5 Å². The summed E-state index contributed by atoms with van der Waals surface area (Å²) in [5, 5.41) is 12.1. The predicted octanol–water partition coefficient (Wildman–Crippen LogP) is 3.42. The van der Waals surface area contributed by atoms with E-state index in [0.29, 0.717) is 0 Å². The summed E-state index contributed by atoms with van der Waals surface area (Å²) >= 11 is 0. The molecule has 128 valence electrons. The van der Waals surface area contributed by atoms with Gasteiger partial charge in [0, 0.05) is 18.8 Å². The number of urea groups is 1. The molecule has 0 aliphatic carbocycles. The van der Waals surface area contributed by atoms with Crippen LogP contribution in [0.1, 0.15) is 25.3 Å². The first-order chi connectivity index (χ1) is 10.8. The molecule has 1 aromatic carbocycles. The van der Waals surface area contributed by atoms with Crippen LogP contribution in [0, 0.1) is 5.92 Å². The predicted molar refractivity (Wildman–Crippen MR) is 81.2 cm³/mol. The standard InChI is InChI=1S/C16H21F3N2O2/c1-2-11-5-3-4-6-13(11)20-15(23)21-9-7-12(8-10-21)14(22)16(17,18)19/h3-6,12,14,22H,2,7-10H2,1H3,(H,20,23). The minimum atomic E-state index is -4.60. The molecule has 1 saturated heterocycles. The molecule has 0 bridgehead atoms. The van der Waals surface area contributed by atoms with Gasteiger partial charge in [-0.15, -0.1) is 0 Å². The van der Waals surface area contributed by atoms with Crippen LogP contribution in [-0.2, 0) is 6.42 Å². The summed E-state index contributed by atoms with van der Waals surface area (Å²) in [4.78, 5) is 13.7. The SMILES string of the molecule is CCc1ccccc1NC(=O)N1CCC(C(O)C(F)(F)F)CC1. The van der Waals surface area contributed by atoms with Crippen molar-refractivity contribution in [1.29, 1.82) is 0 Å². The average Bonchev–Trinajstić information content (AvgIpc) is 2.54. The number of hydrogen-bond donors (Lipinski definition) is 2. The number of amides is 2. The minimum absolute atomic E-state index is 0.142. The van der Waals surface area contributed by atoms with Crippen LogP contribution in [0.4, 0.5) is 23.7 Å². The molecule has 1 aliphatic rings. The topological polar surface area (TPSA) is 52.6 Å². The monoisotopic (exact) mass is 330 g/mol. The Morgan fingerprint density at radius 2 is 1.96 bits per heavy atom. The van der Waals surface area contributed by atoms with E-state index >= 15 is 0 Å². The second-order valence-corrected chi connectivity index (χ2v) is 5.75. The van der Waals surface area contributed by atoms with E-state index in [1.165, 1.54) is 4.90 Å². The zero-order chi connectivity index (χ0) is 17.0. The van der Waals surface area contributed by atoms with Crippen LogP contribution in [0.25, 0.3) is 0 Å². The molecule has 0 saturated carbocycles. The van der Waals surface area contributed by atoms with Crippen molar-refractivity contribution >= 4 is 11.7 Å². The van der Waals surface area contributed by atoms with E-state index in [2.05, 4.69) is 5.32 Å². The summed E-state index contributed by atoms with van der Waals surface area (Å²) in [6, 6.07) is 7.11. The van der Waals surface area contributed by atoms with Crippen LogP contribution < -0.4 is 5.32 Å². The zero-order valence-electron chi connectivity index (χ0n) is 12.9. The Morgan fingerprint density at radius 1 is 1.35 bits per heavy atom. The third-order valence-corrected chi connectivity index (χ3v) is 4.25. The first kappa shape index (κ1) is 17.6. The lowest BCUT2D eigenvalue weighted by Crippen LogP contribution is -2.46. The van der Waals surface area contributed by atoms with Crippen molar-refractivity contribution < 1.29 is 23.1 Å². The Hall–Kier alpha value is -1.76. The lowest BCUT2D eigenvalue weighted by atomic mass is 9.91. The Balaban J connectivity index is 1.91. The van der Waals surface area contributed by atoms with Gasteiger partial charge in [0.05, 0.1) is 0 Å². The van der Waals surface area contributed by atoms with Crippen molar-refractivity contribution in [1.82, 2.24) is 4.90 Å². The maximum atomic E-state index is 12.5. The summed E-state index contributed by atoms with van der Waals surface area (Å²) < 4.78 is 37.6. The highest BCUT2D eigenvalue weighted by atomic mass is 19.4. The van der Waals surface area contributed by atoms with Gasteiger partial charge in [-0.3, -0.25) is 0 Å². The number of benzene rings is 1. The van der Waals surface area contributed by atoms with E-state index in [1.807, 2.05) is 25.1 Å². The van der Waals surface area contributed by atoms with Crippen molar-refractivity contribution in [3.05, 3.63) is 29.8 Å². The summed E-state index contributed by atoms with van der Waals surface area (Å²) in [5.41, 5.74) is 1.72. The van der Waals surface area contributed by atoms with Crippen molar-refractivity contribution in [2.75, 3.05) is 18.4 Å². The fraction of sp³-hybridized carbons (Fsp3) is 0.562. The van der Waals surface area contributed by atoms with E-state index in [9.17, 15) is 23.1 Å². The average molecular weight is 330 g/mol. The number of anilines is 1. The number of hydrogen-bond acceptors (Lipinski definition) is 2. The number of aryl methyl sites for hydroxylation is 1. The molecule has 1 unspecified atom stereocenters. The molecular weight excluding hydrogens is 309 g/mol.